The molecule has 0 aliphatic heterocycles. The van der Waals surface area contributed by atoms with Crippen LogP contribution in [0.1, 0.15) is 62.0 Å². The summed E-state index contributed by atoms with van der Waals surface area (Å²) in [5, 5.41) is 2.62. The quantitative estimate of drug-likeness (QED) is 0.775. The van der Waals surface area contributed by atoms with Crippen molar-refractivity contribution in [3.05, 3.63) is 34.9 Å². The summed E-state index contributed by atoms with van der Waals surface area (Å²) in [6.45, 7) is 13.1. The standard InChI is InChI=1S/C16H22N2/c1-9(2)13-7-17-11(5)15-12(6)18-8-14(10(3)4)16(13)15/h7-10H,1-6H3. The Hall–Kier alpha value is -1.44. The van der Waals surface area contributed by atoms with Crippen LogP contribution < -0.4 is 0 Å². The Morgan fingerprint density at radius 3 is 1.44 bits per heavy atom. The SMILES string of the molecule is Cc1ncc(C(C)C)c2c(C(C)C)cnc(C)c12. The number of pyridine rings is 2. The number of nitrogens with zero attached hydrogens (tertiary/aromatic N) is 2. The number of aromatic nitrogens is 2. The Bertz CT molecular complexity index is 534. The monoisotopic (exact) mass is 242 g/mol. The van der Waals surface area contributed by atoms with Gasteiger partial charge in [0.05, 0.1) is 0 Å². The normalized spacial score (nSPS) is 11.8. The van der Waals surface area contributed by atoms with Gasteiger partial charge in [-0.05, 0) is 42.2 Å². The van der Waals surface area contributed by atoms with Crippen molar-refractivity contribution in [1.29, 1.82) is 0 Å². The van der Waals surface area contributed by atoms with Gasteiger partial charge in [-0.2, -0.15) is 0 Å². The molecule has 0 saturated carbocycles. The fraction of sp³-hybridized carbons (Fsp3) is 0.500. The lowest BCUT2D eigenvalue weighted by molar-refractivity contribution is 0.841. The summed E-state index contributed by atoms with van der Waals surface area (Å²) in [7, 11) is 0. The summed E-state index contributed by atoms with van der Waals surface area (Å²) in [6.07, 6.45) is 4.07. The van der Waals surface area contributed by atoms with Gasteiger partial charge in [-0.1, -0.05) is 27.7 Å². The molecule has 2 nitrogen and oxygen atoms in total. The molecule has 0 spiro atoms. The minimum atomic E-state index is 0.486. The van der Waals surface area contributed by atoms with E-state index in [4.69, 9.17) is 0 Å². The predicted molar refractivity (Wildman–Crippen MR) is 77.2 cm³/mol. The van der Waals surface area contributed by atoms with Crippen molar-refractivity contribution in [2.45, 2.75) is 53.4 Å². The van der Waals surface area contributed by atoms with Crippen LogP contribution >= 0.6 is 0 Å². The minimum Gasteiger partial charge on any atom is -0.261 e. The molecule has 2 rings (SSSR count). The third-order valence-electron chi connectivity index (χ3n) is 3.59. The first-order valence-electron chi connectivity index (χ1n) is 6.68. The minimum absolute atomic E-state index is 0.486. The lowest BCUT2D eigenvalue weighted by Gasteiger charge is -2.18. The van der Waals surface area contributed by atoms with E-state index < -0.39 is 0 Å². The molecule has 0 unspecified atom stereocenters. The lowest BCUT2D eigenvalue weighted by atomic mass is 9.90. The second-order valence-electron chi connectivity index (χ2n) is 5.66. The van der Waals surface area contributed by atoms with Gasteiger partial charge in [0.1, 0.15) is 0 Å². The largest absolute Gasteiger partial charge is 0.261 e. The second kappa shape index (κ2) is 4.68. The summed E-state index contributed by atoms with van der Waals surface area (Å²) in [6, 6.07) is 0. The summed E-state index contributed by atoms with van der Waals surface area (Å²) >= 11 is 0. The average molecular weight is 242 g/mol. The van der Waals surface area contributed by atoms with E-state index in [-0.39, 0.29) is 0 Å². The summed E-state index contributed by atoms with van der Waals surface area (Å²) in [5.41, 5.74) is 4.85. The molecule has 0 amide bonds. The van der Waals surface area contributed by atoms with Crippen LogP contribution in [0.15, 0.2) is 12.4 Å². The topological polar surface area (TPSA) is 25.8 Å². The van der Waals surface area contributed by atoms with Gasteiger partial charge < -0.3 is 0 Å². The highest BCUT2D eigenvalue weighted by atomic mass is 14.7. The number of hydrogen-bond acceptors (Lipinski definition) is 2. The molecule has 18 heavy (non-hydrogen) atoms. The van der Waals surface area contributed by atoms with Crippen LogP contribution in [0.2, 0.25) is 0 Å². The molecular weight excluding hydrogens is 220 g/mol. The van der Waals surface area contributed by atoms with Gasteiger partial charge in [0.2, 0.25) is 0 Å². The first-order valence-corrected chi connectivity index (χ1v) is 6.68. The number of fused-ring (bicyclic) bond motifs is 1. The molecule has 0 aromatic carbocycles. The fourth-order valence-electron chi connectivity index (χ4n) is 2.55. The maximum absolute atomic E-state index is 4.55. The number of rotatable bonds is 2. The van der Waals surface area contributed by atoms with E-state index >= 15 is 0 Å². The van der Waals surface area contributed by atoms with Gasteiger partial charge in [0, 0.05) is 29.2 Å². The highest BCUT2D eigenvalue weighted by Gasteiger charge is 2.16. The van der Waals surface area contributed by atoms with E-state index in [1.54, 1.807) is 0 Å². The zero-order valence-electron chi connectivity index (χ0n) is 12.2. The number of hydrogen-bond donors (Lipinski definition) is 0. The molecule has 0 saturated heterocycles. The van der Waals surface area contributed by atoms with Crippen molar-refractivity contribution >= 4 is 10.8 Å². The van der Waals surface area contributed by atoms with Gasteiger partial charge >= 0.3 is 0 Å². The summed E-state index contributed by atoms with van der Waals surface area (Å²) in [4.78, 5) is 9.10. The second-order valence-corrected chi connectivity index (χ2v) is 5.66. The molecule has 0 aliphatic carbocycles. The van der Waals surface area contributed by atoms with E-state index in [9.17, 15) is 0 Å². The van der Waals surface area contributed by atoms with Gasteiger partial charge in [-0.25, -0.2) is 0 Å². The van der Waals surface area contributed by atoms with Crippen molar-refractivity contribution in [2.75, 3.05) is 0 Å². The Morgan fingerprint density at radius 1 is 0.722 bits per heavy atom. The van der Waals surface area contributed by atoms with Crippen molar-refractivity contribution in [2.24, 2.45) is 0 Å². The van der Waals surface area contributed by atoms with Crippen LogP contribution in [0.3, 0.4) is 0 Å². The van der Waals surface area contributed by atoms with E-state index in [1.165, 1.54) is 21.9 Å². The molecule has 0 N–H and O–H groups in total. The molecule has 2 aromatic rings. The average Bonchev–Trinajstić information content (AvgIpc) is 2.28. The lowest BCUT2D eigenvalue weighted by Crippen LogP contribution is -2.02. The molecular formula is C16H22N2. The van der Waals surface area contributed by atoms with Crippen LogP contribution in [0.4, 0.5) is 0 Å². The zero-order chi connectivity index (χ0) is 13.4. The first kappa shape index (κ1) is 13.0. The smallest absolute Gasteiger partial charge is 0.0469 e. The molecule has 2 aromatic heterocycles. The zero-order valence-corrected chi connectivity index (χ0v) is 12.2. The molecule has 0 aliphatic rings. The Kier molecular flexibility index (Phi) is 3.38. The Labute approximate surface area is 109 Å². The van der Waals surface area contributed by atoms with Crippen LogP contribution in [0.25, 0.3) is 10.8 Å². The van der Waals surface area contributed by atoms with E-state index in [2.05, 4.69) is 51.5 Å². The maximum atomic E-state index is 4.55. The van der Waals surface area contributed by atoms with Crippen molar-refractivity contribution in [3.63, 3.8) is 0 Å². The molecule has 2 heterocycles. The van der Waals surface area contributed by atoms with E-state index in [0.717, 1.165) is 11.4 Å². The molecule has 0 bridgehead atoms. The number of aryl methyl sites for hydroxylation is 2. The van der Waals surface area contributed by atoms with Gasteiger partial charge in [0.15, 0.2) is 0 Å². The van der Waals surface area contributed by atoms with Gasteiger partial charge in [0.25, 0.3) is 0 Å². The Morgan fingerprint density at radius 2 is 1.11 bits per heavy atom. The van der Waals surface area contributed by atoms with Crippen molar-refractivity contribution in [1.82, 2.24) is 9.97 Å². The molecule has 0 atom stereocenters. The van der Waals surface area contributed by atoms with Crippen molar-refractivity contribution < 1.29 is 0 Å². The predicted octanol–water partition coefficient (Wildman–Crippen LogP) is 4.49. The van der Waals surface area contributed by atoms with Gasteiger partial charge in [-0.15, -0.1) is 0 Å². The fourth-order valence-corrected chi connectivity index (χ4v) is 2.55. The molecule has 0 radical (unpaired) electrons. The maximum Gasteiger partial charge on any atom is 0.0469 e. The summed E-state index contributed by atoms with van der Waals surface area (Å²) in [5.74, 6) is 0.972. The molecule has 0 fully saturated rings. The summed E-state index contributed by atoms with van der Waals surface area (Å²) < 4.78 is 0. The van der Waals surface area contributed by atoms with Crippen LogP contribution in [0, 0.1) is 13.8 Å². The molecule has 96 valence electrons. The third-order valence-corrected chi connectivity index (χ3v) is 3.59. The van der Waals surface area contributed by atoms with Crippen LogP contribution in [0.5, 0.6) is 0 Å². The highest BCUT2D eigenvalue weighted by Crippen LogP contribution is 2.33. The van der Waals surface area contributed by atoms with Crippen LogP contribution in [-0.4, -0.2) is 9.97 Å². The third kappa shape index (κ3) is 2.00. The Balaban J connectivity index is 2.97. The molecule has 2 heteroatoms. The van der Waals surface area contributed by atoms with Crippen LogP contribution in [-0.2, 0) is 0 Å². The first-order chi connectivity index (χ1) is 8.43. The highest BCUT2D eigenvalue weighted by molar-refractivity contribution is 5.92. The van der Waals surface area contributed by atoms with E-state index in [1.807, 2.05) is 12.4 Å². The van der Waals surface area contributed by atoms with Crippen molar-refractivity contribution in [3.8, 4) is 0 Å². The van der Waals surface area contributed by atoms with E-state index in [0.29, 0.717) is 11.8 Å². The van der Waals surface area contributed by atoms with Gasteiger partial charge in [-0.3, -0.25) is 9.97 Å².